The molecule has 0 atom stereocenters. The Hall–Kier alpha value is -1.39. The highest BCUT2D eigenvalue weighted by molar-refractivity contribution is 5.97. The van der Waals surface area contributed by atoms with E-state index in [1.54, 1.807) is 0 Å². The second kappa shape index (κ2) is 5.08. The maximum absolute atomic E-state index is 12.1. The van der Waals surface area contributed by atoms with Crippen LogP contribution in [0, 0.1) is 0 Å². The molecule has 0 unspecified atom stereocenters. The molecule has 0 radical (unpaired) electrons. The van der Waals surface area contributed by atoms with E-state index in [9.17, 15) is 4.79 Å². The minimum absolute atomic E-state index is 0.0248. The fourth-order valence-corrected chi connectivity index (χ4v) is 2.06. The summed E-state index contributed by atoms with van der Waals surface area (Å²) in [6.07, 6.45) is 0. The van der Waals surface area contributed by atoms with Gasteiger partial charge in [0, 0.05) is 5.69 Å². The molecule has 0 spiro atoms. The predicted octanol–water partition coefficient (Wildman–Crippen LogP) is 2.04. The Morgan fingerprint density at radius 1 is 1.33 bits per heavy atom. The third-order valence-corrected chi connectivity index (χ3v) is 3.17. The molecule has 98 valence electrons. The molecule has 4 heteroatoms. The summed E-state index contributed by atoms with van der Waals surface area (Å²) in [5.41, 5.74) is 2.63. The topological polar surface area (TPSA) is 50.4 Å². The lowest BCUT2D eigenvalue weighted by atomic mass is 10.0. The molecule has 1 aliphatic rings. The minimum Gasteiger partial charge on any atom is -0.372 e. The molecule has 0 saturated carbocycles. The molecular weight excluding hydrogens is 228 g/mol. The maximum atomic E-state index is 12.1. The molecule has 2 rings (SSSR count). The van der Waals surface area contributed by atoms with Gasteiger partial charge in [0.05, 0.1) is 18.8 Å². The molecule has 1 heterocycles. The van der Waals surface area contributed by atoms with Gasteiger partial charge in [-0.05, 0) is 43.7 Å². The van der Waals surface area contributed by atoms with Crippen molar-refractivity contribution >= 4 is 11.6 Å². The van der Waals surface area contributed by atoms with Crippen LogP contribution in [0.2, 0.25) is 0 Å². The summed E-state index contributed by atoms with van der Waals surface area (Å²) >= 11 is 0. The lowest BCUT2D eigenvalue weighted by molar-refractivity contribution is -0.121. The first-order valence-corrected chi connectivity index (χ1v) is 6.29. The van der Waals surface area contributed by atoms with Gasteiger partial charge in [-0.1, -0.05) is 13.0 Å². The molecule has 0 aliphatic carbocycles. The van der Waals surface area contributed by atoms with Gasteiger partial charge in [0.1, 0.15) is 0 Å². The maximum Gasteiger partial charge on any atom is 0.244 e. The lowest BCUT2D eigenvalue weighted by Gasteiger charge is -2.24. The van der Waals surface area contributed by atoms with E-state index in [0.717, 1.165) is 17.8 Å². The van der Waals surface area contributed by atoms with Crippen LogP contribution >= 0.6 is 0 Å². The zero-order valence-corrected chi connectivity index (χ0v) is 11.2. The van der Waals surface area contributed by atoms with Crippen molar-refractivity contribution in [2.24, 2.45) is 0 Å². The van der Waals surface area contributed by atoms with Crippen molar-refractivity contribution in [3.05, 3.63) is 29.3 Å². The van der Waals surface area contributed by atoms with E-state index in [2.05, 4.69) is 10.6 Å². The van der Waals surface area contributed by atoms with Crippen LogP contribution in [-0.2, 0) is 22.7 Å². The summed E-state index contributed by atoms with van der Waals surface area (Å²) in [6.45, 7) is 7.81. The fraction of sp³-hybridized carbons (Fsp3) is 0.500. The minimum atomic E-state index is -0.565. The van der Waals surface area contributed by atoms with E-state index < -0.39 is 5.54 Å². The third kappa shape index (κ3) is 2.71. The normalized spacial score (nSPS) is 14.4. The number of anilines is 1. The van der Waals surface area contributed by atoms with Crippen molar-refractivity contribution < 1.29 is 9.53 Å². The van der Waals surface area contributed by atoms with Crippen LogP contribution in [0.15, 0.2) is 18.2 Å². The summed E-state index contributed by atoms with van der Waals surface area (Å²) < 4.78 is 5.36. The Morgan fingerprint density at radius 3 is 2.78 bits per heavy atom. The zero-order valence-electron chi connectivity index (χ0n) is 11.2. The van der Waals surface area contributed by atoms with E-state index in [-0.39, 0.29) is 5.91 Å². The number of benzene rings is 1. The number of hydrogen-bond acceptors (Lipinski definition) is 3. The molecule has 1 aliphatic heterocycles. The Balaban J connectivity index is 2.08. The van der Waals surface area contributed by atoms with Crippen LogP contribution in [0.3, 0.4) is 0 Å². The number of hydrogen-bond donors (Lipinski definition) is 2. The molecule has 2 N–H and O–H groups in total. The summed E-state index contributed by atoms with van der Waals surface area (Å²) in [5.74, 6) is -0.0248. The van der Waals surface area contributed by atoms with Crippen molar-refractivity contribution in [1.29, 1.82) is 0 Å². The van der Waals surface area contributed by atoms with Crippen LogP contribution in [0.5, 0.6) is 0 Å². The largest absolute Gasteiger partial charge is 0.372 e. The van der Waals surface area contributed by atoms with Crippen LogP contribution in [0.1, 0.15) is 31.9 Å². The molecule has 18 heavy (non-hydrogen) atoms. The summed E-state index contributed by atoms with van der Waals surface area (Å²) in [4.78, 5) is 12.1. The van der Waals surface area contributed by atoms with E-state index in [1.165, 1.54) is 5.56 Å². The first-order valence-electron chi connectivity index (χ1n) is 6.29. The van der Waals surface area contributed by atoms with Gasteiger partial charge in [-0.3, -0.25) is 4.79 Å². The Morgan fingerprint density at radius 2 is 2.06 bits per heavy atom. The van der Waals surface area contributed by atoms with Crippen molar-refractivity contribution in [3.63, 3.8) is 0 Å². The number of carbonyl (C=O) groups excluding carboxylic acids is 1. The monoisotopic (exact) mass is 248 g/mol. The van der Waals surface area contributed by atoms with Crippen LogP contribution < -0.4 is 10.6 Å². The van der Waals surface area contributed by atoms with Gasteiger partial charge in [-0.15, -0.1) is 0 Å². The smallest absolute Gasteiger partial charge is 0.244 e. The second-order valence-corrected chi connectivity index (χ2v) is 5.09. The summed E-state index contributed by atoms with van der Waals surface area (Å²) in [6, 6.07) is 5.92. The zero-order chi connectivity index (χ0) is 13.2. The third-order valence-electron chi connectivity index (χ3n) is 3.17. The molecule has 0 fully saturated rings. The van der Waals surface area contributed by atoms with Gasteiger partial charge < -0.3 is 15.4 Å². The van der Waals surface area contributed by atoms with E-state index in [1.807, 2.05) is 39.0 Å². The highest BCUT2D eigenvalue weighted by atomic mass is 16.5. The van der Waals surface area contributed by atoms with Crippen molar-refractivity contribution in [2.75, 3.05) is 11.9 Å². The quantitative estimate of drug-likeness (QED) is 0.857. The number of ether oxygens (including phenoxy) is 1. The van der Waals surface area contributed by atoms with Crippen molar-refractivity contribution in [1.82, 2.24) is 5.32 Å². The lowest BCUT2D eigenvalue weighted by Crippen LogP contribution is -2.49. The van der Waals surface area contributed by atoms with E-state index in [4.69, 9.17) is 4.74 Å². The van der Waals surface area contributed by atoms with E-state index in [0.29, 0.717) is 13.2 Å². The number of fused-ring (bicyclic) bond motifs is 1. The van der Waals surface area contributed by atoms with Gasteiger partial charge in [-0.2, -0.15) is 0 Å². The number of carbonyl (C=O) groups is 1. The summed E-state index contributed by atoms with van der Waals surface area (Å²) in [7, 11) is 0. The highest BCUT2D eigenvalue weighted by Crippen LogP contribution is 2.23. The Bertz CT molecular complexity index is 455. The van der Waals surface area contributed by atoms with Gasteiger partial charge >= 0.3 is 0 Å². The van der Waals surface area contributed by atoms with Crippen LogP contribution in [0.4, 0.5) is 5.69 Å². The van der Waals surface area contributed by atoms with Crippen molar-refractivity contribution in [3.8, 4) is 0 Å². The number of likely N-dealkylation sites (N-methyl/N-ethyl adjacent to an activating group) is 1. The molecule has 0 bridgehead atoms. The number of amides is 1. The van der Waals surface area contributed by atoms with Gasteiger partial charge in [-0.25, -0.2) is 0 Å². The molecular formula is C14H20N2O2. The molecule has 0 saturated heterocycles. The second-order valence-electron chi connectivity index (χ2n) is 5.09. The number of rotatable bonds is 4. The highest BCUT2D eigenvalue weighted by Gasteiger charge is 2.26. The fourth-order valence-electron chi connectivity index (χ4n) is 2.06. The van der Waals surface area contributed by atoms with Crippen LogP contribution in [0.25, 0.3) is 0 Å². The van der Waals surface area contributed by atoms with Gasteiger partial charge in [0.15, 0.2) is 0 Å². The average Bonchev–Trinajstić information content (AvgIpc) is 2.76. The molecule has 4 nitrogen and oxygen atoms in total. The first-order chi connectivity index (χ1) is 8.53. The van der Waals surface area contributed by atoms with E-state index >= 15 is 0 Å². The van der Waals surface area contributed by atoms with Gasteiger partial charge in [0.25, 0.3) is 0 Å². The average molecular weight is 248 g/mol. The standard InChI is InChI=1S/C14H20N2O2/c1-4-15-14(2,3)13(17)16-12-6-5-10-8-18-9-11(10)7-12/h5-7,15H,4,8-9H2,1-3H3,(H,16,17). The molecule has 0 aromatic heterocycles. The van der Waals surface area contributed by atoms with Crippen molar-refractivity contribution in [2.45, 2.75) is 39.5 Å². The number of nitrogens with one attached hydrogen (secondary N) is 2. The molecule has 1 amide bonds. The SMILES string of the molecule is CCNC(C)(C)C(=O)Nc1ccc2c(c1)COC2. The summed E-state index contributed by atoms with van der Waals surface area (Å²) in [5, 5.41) is 6.10. The molecule has 1 aromatic carbocycles. The Labute approximate surface area is 108 Å². The predicted molar refractivity (Wildman–Crippen MR) is 71.3 cm³/mol. The van der Waals surface area contributed by atoms with Gasteiger partial charge in [0.2, 0.25) is 5.91 Å². The first kappa shape index (κ1) is 13.1. The Kier molecular flexibility index (Phi) is 3.68. The van der Waals surface area contributed by atoms with Crippen LogP contribution in [-0.4, -0.2) is 18.0 Å². The molecule has 1 aromatic rings.